The molecule has 0 bridgehead atoms. The summed E-state index contributed by atoms with van der Waals surface area (Å²) >= 11 is 0. The summed E-state index contributed by atoms with van der Waals surface area (Å²) in [7, 11) is 0. The van der Waals surface area contributed by atoms with Crippen molar-refractivity contribution in [3.63, 3.8) is 0 Å². The van der Waals surface area contributed by atoms with E-state index in [1.807, 2.05) is 13.8 Å². The summed E-state index contributed by atoms with van der Waals surface area (Å²) in [5, 5.41) is 45.0. The average Bonchev–Trinajstić information content (AvgIpc) is 3.08. The van der Waals surface area contributed by atoms with Gasteiger partial charge in [0.1, 0.15) is 0 Å². The number of aliphatic hydroxyl groups excluding tert-OH is 3. The average molecular weight is 491 g/mol. The SMILES string of the molecule is CC(C)(O)[C@H]1CC[C@@](C)([C@H]2[C@@H](O)C[C@]3(C)[C@@H]4C[C@H](O)[C@H]5C(C)(C)[C@@H](O)CC[C@@]56C[C@@]46CC[C@]23C)O1. The van der Waals surface area contributed by atoms with Gasteiger partial charge in [-0.05, 0) is 117 Å². The molecule has 0 amide bonds. The summed E-state index contributed by atoms with van der Waals surface area (Å²) in [5.74, 6) is 0.577. The van der Waals surface area contributed by atoms with E-state index in [0.717, 1.165) is 51.4 Å². The van der Waals surface area contributed by atoms with Crippen LogP contribution >= 0.6 is 0 Å². The van der Waals surface area contributed by atoms with E-state index in [9.17, 15) is 20.4 Å². The zero-order chi connectivity index (χ0) is 25.6. The lowest BCUT2D eigenvalue weighted by Crippen LogP contribution is -2.62. The van der Waals surface area contributed by atoms with Gasteiger partial charge in [-0.3, -0.25) is 0 Å². The van der Waals surface area contributed by atoms with Crippen LogP contribution in [0.15, 0.2) is 0 Å². The largest absolute Gasteiger partial charge is 0.393 e. The number of ether oxygens (including phenoxy) is 1. The van der Waals surface area contributed by atoms with Crippen LogP contribution < -0.4 is 0 Å². The lowest BCUT2D eigenvalue weighted by molar-refractivity contribution is -0.213. The van der Waals surface area contributed by atoms with Gasteiger partial charge < -0.3 is 25.2 Å². The Labute approximate surface area is 212 Å². The first-order valence-electron chi connectivity index (χ1n) is 14.4. The van der Waals surface area contributed by atoms with Crippen LogP contribution in [0, 0.1) is 44.8 Å². The first-order valence-corrected chi connectivity index (χ1v) is 14.4. The fourth-order valence-corrected chi connectivity index (χ4v) is 12.1. The van der Waals surface area contributed by atoms with E-state index in [1.54, 1.807) is 0 Å². The maximum atomic E-state index is 11.7. The highest BCUT2D eigenvalue weighted by Gasteiger charge is 2.84. The van der Waals surface area contributed by atoms with Crippen molar-refractivity contribution in [2.45, 2.75) is 142 Å². The van der Waals surface area contributed by atoms with E-state index in [-0.39, 0.29) is 51.1 Å². The van der Waals surface area contributed by atoms with Crippen molar-refractivity contribution >= 4 is 0 Å². The van der Waals surface area contributed by atoms with Gasteiger partial charge in [0.2, 0.25) is 0 Å². The highest BCUT2D eigenvalue weighted by Crippen LogP contribution is 2.89. The quantitative estimate of drug-likeness (QED) is 0.460. The summed E-state index contributed by atoms with van der Waals surface area (Å²) in [6, 6.07) is 0. The number of fused-ring (bicyclic) bond motifs is 2. The van der Waals surface area contributed by atoms with Gasteiger partial charge in [-0.1, -0.05) is 27.7 Å². The zero-order valence-corrected chi connectivity index (χ0v) is 23.1. The predicted octanol–water partition coefficient (Wildman–Crippen LogP) is 4.44. The molecular formula is C30H50O5. The second-order valence-corrected chi connectivity index (χ2v) is 15.9. The first-order chi connectivity index (χ1) is 16.0. The molecule has 6 fully saturated rings. The van der Waals surface area contributed by atoms with Crippen molar-refractivity contribution in [2.75, 3.05) is 0 Å². The molecular weight excluding hydrogens is 440 g/mol. The fourth-order valence-electron chi connectivity index (χ4n) is 12.1. The molecule has 6 rings (SSSR count). The second kappa shape index (κ2) is 6.86. The van der Waals surface area contributed by atoms with Gasteiger partial charge in [0.05, 0.1) is 35.6 Å². The van der Waals surface area contributed by atoms with Crippen molar-refractivity contribution in [1.82, 2.24) is 0 Å². The molecule has 0 unspecified atom stereocenters. The smallest absolute Gasteiger partial charge is 0.0865 e. The van der Waals surface area contributed by atoms with Crippen LogP contribution in [0.25, 0.3) is 0 Å². The minimum Gasteiger partial charge on any atom is -0.393 e. The highest BCUT2D eigenvalue weighted by atomic mass is 16.5. The molecule has 1 saturated heterocycles. The molecule has 4 N–H and O–H groups in total. The van der Waals surface area contributed by atoms with E-state index in [1.165, 1.54) is 6.42 Å². The van der Waals surface area contributed by atoms with E-state index in [2.05, 4.69) is 34.6 Å². The topological polar surface area (TPSA) is 90.2 Å². The number of hydrogen-bond acceptors (Lipinski definition) is 5. The van der Waals surface area contributed by atoms with Gasteiger partial charge in [0.15, 0.2) is 0 Å². The Hall–Kier alpha value is -0.200. The van der Waals surface area contributed by atoms with E-state index >= 15 is 0 Å². The Morgan fingerprint density at radius 1 is 0.771 bits per heavy atom. The minimum atomic E-state index is -0.886. The Bertz CT molecular complexity index is 911. The van der Waals surface area contributed by atoms with Gasteiger partial charge in [-0.25, -0.2) is 0 Å². The third kappa shape index (κ3) is 2.78. The molecule has 6 aliphatic rings. The highest BCUT2D eigenvalue weighted by molar-refractivity contribution is 5.33. The molecule has 5 aliphatic carbocycles. The summed E-state index contributed by atoms with van der Waals surface area (Å²) in [6.07, 6.45) is 7.18. The summed E-state index contributed by atoms with van der Waals surface area (Å²) < 4.78 is 6.66. The molecule has 5 heteroatoms. The molecule has 0 aromatic carbocycles. The van der Waals surface area contributed by atoms with Crippen molar-refractivity contribution in [1.29, 1.82) is 0 Å². The Morgan fingerprint density at radius 2 is 1.46 bits per heavy atom. The third-order valence-corrected chi connectivity index (χ3v) is 13.8. The molecule has 200 valence electrons. The van der Waals surface area contributed by atoms with Crippen LogP contribution in [0.3, 0.4) is 0 Å². The molecule has 5 nitrogen and oxygen atoms in total. The van der Waals surface area contributed by atoms with E-state index in [4.69, 9.17) is 4.74 Å². The first kappa shape index (κ1) is 25.1. The fraction of sp³-hybridized carbons (Fsp3) is 1.00. The van der Waals surface area contributed by atoms with Gasteiger partial charge >= 0.3 is 0 Å². The van der Waals surface area contributed by atoms with Crippen molar-refractivity contribution in [2.24, 2.45) is 44.8 Å². The molecule has 0 aromatic heterocycles. The van der Waals surface area contributed by atoms with Gasteiger partial charge in [0.25, 0.3) is 0 Å². The van der Waals surface area contributed by atoms with Crippen LogP contribution in [-0.2, 0) is 4.74 Å². The Morgan fingerprint density at radius 3 is 2.09 bits per heavy atom. The van der Waals surface area contributed by atoms with E-state index < -0.39 is 23.4 Å². The Balaban J connectivity index is 1.37. The normalized spacial score (nSPS) is 60.9. The Kier molecular flexibility index (Phi) is 4.92. The minimum absolute atomic E-state index is 0.0267. The molecule has 5 saturated carbocycles. The van der Waals surface area contributed by atoms with Gasteiger partial charge in [-0.15, -0.1) is 0 Å². The molecule has 2 spiro atoms. The summed E-state index contributed by atoms with van der Waals surface area (Å²) in [5.41, 5.74) is -1.35. The van der Waals surface area contributed by atoms with Crippen molar-refractivity contribution in [3.8, 4) is 0 Å². The monoisotopic (exact) mass is 490 g/mol. The van der Waals surface area contributed by atoms with Crippen molar-refractivity contribution in [3.05, 3.63) is 0 Å². The molecule has 12 atom stereocenters. The molecule has 35 heavy (non-hydrogen) atoms. The second-order valence-electron chi connectivity index (χ2n) is 15.9. The maximum Gasteiger partial charge on any atom is 0.0865 e. The van der Waals surface area contributed by atoms with Crippen LogP contribution in [0.2, 0.25) is 0 Å². The van der Waals surface area contributed by atoms with Crippen LogP contribution in [-0.4, -0.2) is 56.0 Å². The number of aliphatic hydroxyl groups is 4. The third-order valence-electron chi connectivity index (χ3n) is 13.8. The van der Waals surface area contributed by atoms with Gasteiger partial charge in [-0.2, -0.15) is 0 Å². The molecule has 0 radical (unpaired) electrons. The standard InChI is InChI=1S/C30H50O5/c1-24(2)20(33)8-11-30-16-29(30)13-12-26(5)23(28(7)10-9-21(35-28)25(3,4)34)18(32)15-27(26,6)19(29)14-17(31)22(24)30/h17-23,31-34H,8-16H2,1-7H3/t17-,18-,19-,20-,21+,22-,23-,26+,27+,28-,29-,30+/m0/s1. The van der Waals surface area contributed by atoms with Crippen molar-refractivity contribution < 1.29 is 25.2 Å². The van der Waals surface area contributed by atoms with Crippen LogP contribution in [0.5, 0.6) is 0 Å². The zero-order valence-electron chi connectivity index (χ0n) is 23.1. The lowest BCUT2D eigenvalue weighted by Gasteiger charge is -2.64. The number of hydrogen-bond donors (Lipinski definition) is 4. The molecule has 0 aromatic rings. The van der Waals surface area contributed by atoms with Crippen LogP contribution in [0.4, 0.5) is 0 Å². The summed E-state index contributed by atoms with van der Waals surface area (Å²) in [4.78, 5) is 0. The summed E-state index contributed by atoms with van der Waals surface area (Å²) in [6.45, 7) is 15.0. The number of rotatable bonds is 2. The lowest BCUT2D eigenvalue weighted by atomic mass is 9.41. The molecule has 1 aliphatic heterocycles. The van der Waals surface area contributed by atoms with Gasteiger partial charge in [0, 0.05) is 5.92 Å². The molecule has 1 heterocycles. The maximum absolute atomic E-state index is 11.7. The predicted molar refractivity (Wildman–Crippen MR) is 134 cm³/mol. The van der Waals surface area contributed by atoms with E-state index in [0.29, 0.717) is 5.92 Å². The van der Waals surface area contributed by atoms with Crippen LogP contribution in [0.1, 0.15) is 106 Å².